The van der Waals surface area contributed by atoms with Crippen molar-refractivity contribution in [2.24, 2.45) is 0 Å². The molecule has 1 amide bonds. The molecule has 1 aromatic rings. The summed E-state index contributed by atoms with van der Waals surface area (Å²) in [7, 11) is 0. The van der Waals surface area contributed by atoms with E-state index in [9.17, 15) is 4.79 Å². The molecule has 1 rings (SSSR count). The van der Waals surface area contributed by atoms with Gasteiger partial charge in [0, 0.05) is 0 Å². The summed E-state index contributed by atoms with van der Waals surface area (Å²) in [5, 5.41) is 2.88. The van der Waals surface area contributed by atoms with Crippen molar-refractivity contribution >= 4 is 24.5 Å². The zero-order valence-electron chi connectivity index (χ0n) is 18.3. The van der Waals surface area contributed by atoms with Crippen LogP contribution >= 0.6 is 0 Å². The van der Waals surface area contributed by atoms with Crippen molar-refractivity contribution in [2.45, 2.75) is 85.6 Å². The van der Waals surface area contributed by atoms with Crippen LogP contribution in [-0.2, 0) is 11.3 Å². The van der Waals surface area contributed by atoms with Gasteiger partial charge in [-0.1, -0.05) is 0 Å². The first-order valence-electron chi connectivity index (χ1n) is 11.3. The van der Waals surface area contributed by atoms with Gasteiger partial charge in [-0.3, -0.25) is 0 Å². The fourth-order valence-corrected chi connectivity index (χ4v) is 18.1. The molecular formula is C24H41NO2Sn. The molecule has 3 nitrogen and oxygen atoms in total. The van der Waals surface area contributed by atoms with Crippen LogP contribution in [0.5, 0.6) is 0 Å². The molecule has 0 aliphatic rings. The number of carbonyl (C=O) groups excluding carboxylic acids is 1. The Labute approximate surface area is 177 Å². The minimum absolute atomic E-state index is 0.324. The molecule has 0 saturated heterocycles. The van der Waals surface area contributed by atoms with Crippen molar-refractivity contribution in [1.82, 2.24) is 5.32 Å². The van der Waals surface area contributed by atoms with E-state index in [-0.39, 0.29) is 6.09 Å². The molecule has 0 saturated carbocycles. The molecule has 0 unspecified atom stereocenters. The fraction of sp³-hybridized carbons (Fsp3) is 0.625. The monoisotopic (exact) mass is 495 g/mol. The van der Waals surface area contributed by atoms with Gasteiger partial charge < -0.3 is 0 Å². The van der Waals surface area contributed by atoms with Crippen LogP contribution in [0.4, 0.5) is 4.79 Å². The zero-order valence-corrected chi connectivity index (χ0v) is 21.2. The third-order valence-electron chi connectivity index (χ3n) is 5.35. The Balaban J connectivity index is 2.43. The first-order valence-corrected chi connectivity index (χ1v) is 19.0. The van der Waals surface area contributed by atoms with Crippen molar-refractivity contribution in [1.29, 1.82) is 0 Å². The predicted octanol–water partition coefficient (Wildman–Crippen LogP) is 7.25. The molecule has 0 radical (unpaired) electrons. The predicted molar refractivity (Wildman–Crippen MR) is 123 cm³/mol. The molecule has 28 heavy (non-hydrogen) atoms. The fourth-order valence-electron chi connectivity index (χ4n) is 3.58. The number of benzene rings is 1. The van der Waals surface area contributed by atoms with Crippen LogP contribution in [0.2, 0.25) is 13.3 Å². The van der Waals surface area contributed by atoms with Crippen molar-refractivity contribution in [3.8, 4) is 0 Å². The molecule has 0 aliphatic heterocycles. The standard InChI is InChI=1S/C12H14NO2.3C4H9.Sn/c1-2-3-9-13-12(14)15-10-11-7-5-4-6-8-11;3*1-3-4-2;/h1-2,4-8H,3,9-10H2,(H,13,14);3*1,3-4H2,2H3;. The van der Waals surface area contributed by atoms with E-state index in [1.165, 1.54) is 51.8 Å². The summed E-state index contributed by atoms with van der Waals surface area (Å²) >= 11 is -2.17. The van der Waals surface area contributed by atoms with Gasteiger partial charge in [-0.25, -0.2) is 0 Å². The molecular weight excluding hydrogens is 453 g/mol. The topological polar surface area (TPSA) is 38.3 Å². The van der Waals surface area contributed by atoms with Crippen molar-refractivity contribution in [2.75, 3.05) is 6.54 Å². The number of ether oxygens (including phenoxy) is 1. The number of carbonyl (C=O) groups is 1. The van der Waals surface area contributed by atoms with E-state index < -0.39 is 18.4 Å². The molecule has 0 fully saturated rings. The first kappa shape index (κ1) is 25.1. The van der Waals surface area contributed by atoms with Gasteiger partial charge in [0.15, 0.2) is 0 Å². The normalized spacial score (nSPS) is 11.7. The van der Waals surface area contributed by atoms with Crippen LogP contribution in [0, 0.1) is 0 Å². The van der Waals surface area contributed by atoms with Gasteiger partial charge in [-0.2, -0.15) is 0 Å². The average Bonchev–Trinajstić information content (AvgIpc) is 2.73. The second kappa shape index (κ2) is 15.9. The van der Waals surface area contributed by atoms with Crippen molar-refractivity contribution < 1.29 is 9.53 Å². The van der Waals surface area contributed by atoms with E-state index in [4.69, 9.17) is 4.74 Å². The minimum atomic E-state index is -2.17. The summed E-state index contributed by atoms with van der Waals surface area (Å²) in [5.41, 5.74) is 1.01. The molecule has 0 heterocycles. The Morgan fingerprint density at radius 1 is 0.964 bits per heavy atom. The van der Waals surface area contributed by atoms with Crippen molar-refractivity contribution in [3.05, 3.63) is 46.1 Å². The number of unbranched alkanes of at least 4 members (excludes halogenated alkanes) is 3. The summed E-state index contributed by atoms with van der Waals surface area (Å²) in [6.07, 6.45) is 11.0. The van der Waals surface area contributed by atoms with Gasteiger partial charge in [0.25, 0.3) is 0 Å². The Morgan fingerprint density at radius 2 is 1.54 bits per heavy atom. The zero-order chi connectivity index (χ0) is 20.5. The number of alkyl carbamates (subject to hydrolysis) is 1. The molecule has 1 aromatic carbocycles. The van der Waals surface area contributed by atoms with Crippen molar-refractivity contribution in [3.63, 3.8) is 0 Å². The Morgan fingerprint density at radius 3 is 2.07 bits per heavy atom. The molecule has 4 heteroatoms. The second-order valence-corrected chi connectivity index (χ2v) is 20.9. The van der Waals surface area contributed by atoms with Crippen LogP contribution in [0.15, 0.2) is 40.5 Å². The van der Waals surface area contributed by atoms with Gasteiger partial charge in [-0.15, -0.1) is 0 Å². The van der Waals surface area contributed by atoms with Crippen LogP contribution < -0.4 is 5.32 Å². The average molecular weight is 494 g/mol. The summed E-state index contributed by atoms with van der Waals surface area (Å²) < 4.78 is 12.4. The Bertz CT molecular complexity index is 523. The van der Waals surface area contributed by atoms with Crippen LogP contribution in [0.1, 0.15) is 71.3 Å². The molecule has 0 aliphatic carbocycles. The van der Waals surface area contributed by atoms with E-state index in [0.29, 0.717) is 13.2 Å². The van der Waals surface area contributed by atoms with Gasteiger partial charge in [0.1, 0.15) is 0 Å². The van der Waals surface area contributed by atoms with E-state index in [1.807, 2.05) is 30.3 Å². The van der Waals surface area contributed by atoms with E-state index in [0.717, 1.165) is 12.0 Å². The van der Waals surface area contributed by atoms with Crippen LogP contribution in [-0.4, -0.2) is 31.0 Å². The van der Waals surface area contributed by atoms with Gasteiger partial charge in [0.2, 0.25) is 0 Å². The Kier molecular flexibility index (Phi) is 14.2. The second-order valence-electron chi connectivity index (χ2n) is 7.85. The summed E-state index contributed by atoms with van der Waals surface area (Å²) in [4.78, 5) is 11.9. The number of hydrogen-bond acceptors (Lipinski definition) is 2. The maximum atomic E-state index is 11.9. The number of amides is 1. The van der Waals surface area contributed by atoms with Crippen LogP contribution in [0.3, 0.4) is 0 Å². The Hall–Kier alpha value is -0.971. The molecule has 0 aromatic heterocycles. The summed E-state index contributed by atoms with van der Waals surface area (Å²) in [6, 6.07) is 9.80. The van der Waals surface area contributed by atoms with Gasteiger partial charge in [-0.05, 0) is 0 Å². The van der Waals surface area contributed by atoms with E-state index >= 15 is 0 Å². The molecule has 158 valence electrons. The number of rotatable bonds is 15. The van der Waals surface area contributed by atoms with E-state index in [2.05, 4.69) is 36.3 Å². The molecule has 1 N–H and O–H groups in total. The SMILES string of the molecule is CCC[CH2][Sn](/[CH]=C/CCNC(=O)OCc1ccccc1)([CH2]CCC)[CH2]CCC. The number of nitrogens with one attached hydrogen (secondary N) is 1. The van der Waals surface area contributed by atoms with Gasteiger partial charge in [0.05, 0.1) is 0 Å². The molecule has 0 atom stereocenters. The third kappa shape index (κ3) is 11.1. The van der Waals surface area contributed by atoms with E-state index in [1.54, 1.807) is 0 Å². The molecule has 0 bridgehead atoms. The summed E-state index contributed by atoms with van der Waals surface area (Å²) in [6.45, 7) is 7.91. The van der Waals surface area contributed by atoms with Crippen LogP contribution in [0.25, 0.3) is 0 Å². The third-order valence-corrected chi connectivity index (χ3v) is 19.6. The summed E-state index contributed by atoms with van der Waals surface area (Å²) in [5.74, 6) is 0. The quantitative estimate of drug-likeness (QED) is 0.206. The first-order chi connectivity index (χ1) is 13.7. The van der Waals surface area contributed by atoms with Gasteiger partial charge >= 0.3 is 178 Å². The maximum absolute atomic E-state index is 11.9. The molecule has 0 spiro atoms. The number of hydrogen-bond donors (Lipinski definition) is 1.